The second-order valence-corrected chi connectivity index (χ2v) is 8.24. The van der Waals surface area contributed by atoms with Crippen molar-refractivity contribution in [3.05, 3.63) is 35.5 Å². The molecule has 1 aromatic heterocycles. The van der Waals surface area contributed by atoms with E-state index in [0.29, 0.717) is 31.0 Å². The SMILES string of the molecule is CCOC(=O)CN(C[C@@H]1C[C@@H]2c3cccc4[nH]cc(c34)C[C@H]2N(C)C1)C(=O)NC. The Labute approximate surface area is 171 Å². The Bertz CT molecular complexity index is 909. The highest BCUT2D eigenvalue weighted by Crippen LogP contribution is 2.44. The summed E-state index contributed by atoms with van der Waals surface area (Å²) in [5.74, 6) is 0.362. The first-order chi connectivity index (χ1) is 14.0. The van der Waals surface area contributed by atoms with Gasteiger partial charge in [0.05, 0.1) is 6.61 Å². The van der Waals surface area contributed by atoms with Crippen LogP contribution in [0.2, 0.25) is 0 Å². The molecule has 0 saturated carbocycles. The van der Waals surface area contributed by atoms with Crippen LogP contribution in [0.1, 0.15) is 30.4 Å². The van der Waals surface area contributed by atoms with Gasteiger partial charge >= 0.3 is 12.0 Å². The second-order valence-electron chi connectivity index (χ2n) is 8.24. The maximum atomic E-state index is 12.4. The molecule has 1 saturated heterocycles. The standard InChI is InChI=1S/C22H30N4O3/c1-4-29-20(27)13-26(22(28)23-2)12-14-8-17-16-6-5-7-18-21(16)15(10-24-18)9-19(17)25(3)11-14/h5-7,10,14,17,19,24H,4,8-9,11-13H2,1-3H3,(H,23,28)/t14-,17-,19-/m1/s1. The van der Waals surface area contributed by atoms with Crippen LogP contribution in [0.25, 0.3) is 10.9 Å². The first kappa shape index (κ1) is 19.8. The predicted molar refractivity (Wildman–Crippen MR) is 112 cm³/mol. The largest absolute Gasteiger partial charge is 0.465 e. The van der Waals surface area contributed by atoms with Crippen molar-refractivity contribution >= 4 is 22.9 Å². The molecule has 0 bridgehead atoms. The Balaban J connectivity index is 1.55. The summed E-state index contributed by atoms with van der Waals surface area (Å²) in [5, 5.41) is 4.03. The van der Waals surface area contributed by atoms with Gasteiger partial charge in [0.25, 0.3) is 0 Å². The third kappa shape index (κ3) is 3.71. The Kier molecular flexibility index (Phi) is 5.50. The normalized spacial score (nSPS) is 23.5. The molecule has 2 N–H and O–H groups in total. The quantitative estimate of drug-likeness (QED) is 0.758. The fourth-order valence-electron chi connectivity index (χ4n) is 5.24. The molecule has 1 fully saturated rings. The van der Waals surface area contributed by atoms with Gasteiger partial charge < -0.3 is 24.8 Å². The highest BCUT2D eigenvalue weighted by Gasteiger charge is 2.40. The van der Waals surface area contributed by atoms with Crippen molar-refractivity contribution in [1.29, 1.82) is 0 Å². The Morgan fingerprint density at radius 1 is 1.38 bits per heavy atom. The summed E-state index contributed by atoms with van der Waals surface area (Å²) < 4.78 is 5.06. The summed E-state index contributed by atoms with van der Waals surface area (Å²) in [4.78, 5) is 31.8. The number of rotatable bonds is 5. The van der Waals surface area contributed by atoms with Gasteiger partial charge in [-0.2, -0.15) is 0 Å². The van der Waals surface area contributed by atoms with Gasteiger partial charge in [-0.1, -0.05) is 12.1 Å². The summed E-state index contributed by atoms with van der Waals surface area (Å²) >= 11 is 0. The van der Waals surface area contributed by atoms with E-state index in [9.17, 15) is 9.59 Å². The van der Waals surface area contributed by atoms with Crippen molar-refractivity contribution in [2.75, 3.05) is 40.3 Å². The zero-order valence-electron chi connectivity index (χ0n) is 17.4. The van der Waals surface area contributed by atoms with Crippen molar-refractivity contribution < 1.29 is 14.3 Å². The Morgan fingerprint density at radius 2 is 2.21 bits per heavy atom. The lowest BCUT2D eigenvalue weighted by Gasteiger charge is -2.46. The van der Waals surface area contributed by atoms with E-state index in [1.807, 2.05) is 0 Å². The van der Waals surface area contributed by atoms with Gasteiger partial charge in [-0.25, -0.2) is 4.79 Å². The molecule has 1 aliphatic heterocycles. The van der Waals surface area contributed by atoms with Crippen molar-refractivity contribution in [3.8, 4) is 0 Å². The number of nitrogens with one attached hydrogen (secondary N) is 2. The van der Waals surface area contributed by atoms with Crippen LogP contribution in [-0.4, -0.2) is 73.2 Å². The van der Waals surface area contributed by atoms with E-state index in [1.165, 1.54) is 22.0 Å². The lowest BCUT2D eigenvalue weighted by atomic mass is 9.72. The van der Waals surface area contributed by atoms with E-state index in [1.54, 1.807) is 18.9 Å². The van der Waals surface area contributed by atoms with Crippen LogP contribution in [0, 0.1) is 5.92 Å². The molecule has 2 aromatic rings. The van der Waals surface area contributed by atoms with Gasteiger partial charge in [0, 0.05) is 49.2 Å². The summed E-state index contributed by atoms with van der Waals surface area (Å²) in [6.45, 7) is 3.53. The van der Waals surface area contributed by atoms with Gasteiger partial charge in [-0.3, -0.25) is 4.79 Å². The van der Waals surface area contributed by atoms with Crippen LogP contribution in [0.15, 0.2) is 24.4 Å². The number of aromatic nitrogens is 1. The van der Waals surface area contributed by atoms with E-state index in [0.717, 1.165) is 19.4 Å². The fourth-order valence-corrected chi connectivity index (χ4v) is 5.24. The number of urea groups is 1. The molecule has 7 heteroatoms. The maximum absolute atomic E-state index is 12.4. The van der Waals surface area contributed by atoms with Crippen LogP contribution in [-0.2, 0) is 16.0 Å². The molecule has 2 aliphatic rings. The Hall–Kier alpha value is -2.54. The maximum Gasteiger partial charge on any atom is 0.325 e. The van der Waals surface area contributed by atoms with Gasteiger partial charge in [-0.05, 0) is 49.9 Å². The van der Waals surface area contributed by atoms with Crippen LogP contribution >= 0.6 is 0 Å². The molecule has 7 nitrogen and oxygen atoms in total. The number of fused-ring (bicyclic) bond motifs is 2. The average molecular weight is 399 g/mol. The number of likely N-dealkylation sites (N-methyl/N-ethyl adjacent to an activating group) is 1. The van der Waals surface area contributed by atoms with E-state index in [2.05, 4.69) is 46.6 Å². The number of esters is 1. The molecule has 2 heterocycles. The van der Waals surface area contributed by atoms with Gasteiger partial charge in [0.2, 0.25) is 0 Å². The van der Waals surface area contributed by atoms with Crippen LogP contribution < -0.4 is 5.32 Å². The van der Waals surface area contributed by atoms with E-state index in [4.69, 9.17) is 4.74 Å². The zero-order valence-corrected chi connectivity index (χ0v) is 17.4. The van der Waals surface area contributed by atoms with E-state index in [-0.39, 0.29) is 18.5 Å². The van der Waals surface area contributed by atoms with Gasteiger partial charge in [0.15, 0.2) is 0 Å². The number of piperidine rings is 1. The number of hydrogen-bond acceptors (Lipinski definition) is 4. The summed E-state index contributed by atoms with van der Waals surface area (Å²) in [5.41, 5.74) is 4.01. The minimum Gasteiger partial charge on any atom is -0.465 e. The third-order valence-corrected chi connectivity index (χ3v) is 6.42. The summed E-state index contributed by atoms with van der Waals surface area (Å²) in [6.07, 6.45) is 4.21. The minimum absolute atomic E-state index is 0.0145. The zero-order chi connectivity index (χ0) is 20.5. The molecule has 0 spiro atoms. The van der Waals surface area contributed by atoms with Crippen molar-refractivity contribution in [2.45, 2.75) is 31.7 Å². The molecule has 0 radical (unpaired) electrons. The topological polar surface area (TPSA) is 77.7 Å². The molecule has 3 atom stereocenters. The number of aromatic amines is 1. The van der Waals surface area contributed by atoms with Crippen molar-refractivity contribution in [2.24, 2.45) is 5.92 Å². The first-order valence-electron chi connectivity index (χ1n) is 10.4. The molecular formula is C22H30N4O3. The average Bonchev–Trinajstić information content (AvgIpc) is 3.12. The highest BCUT2D eigenvalue weighted by atomic mass is 16.5. The monoisotopic (exact) mass is 398 g/mol. The van der Waals surface area contributed by atoms with Crippen LogP contribution in [0.4, 0.5) is 4.79 Å². The number of carbonyl (C=O) groups excluding carboxylic acids is 2. The van der Waals surface area contributed by atoms with E-state index >= 15 is 0 Å². The van der Waals surface area contributed by atoms with Crippen LogP contribution in [0.3, 0.4) is 0 Å². The predicted octanol–water partition coefficient (Wildman–Crippen LogP) is 2.33. The lowest BCUT2D eigenvalue weighted by Crippen LogP contribution is -2.52. The smallest absolute Gasteiger partial charge is 0.325 e. The Morgan fingerprint density at radius 3 is 2.97 bits per heavy atom. The lowest BCUT2D eigenvalue weighted by molar-refractivity contribution is -0.143. The van der Waals surface area contributed by atoms with Gasteiger partial charge in [0.1, 0.15) is 6.54 Å². The number of carbonyl (C=O) groups is 2. The second kappa shape index (κ2) is 8.06. The first-order valence-corrected chi connectivity index (χ1v) is 10.4. The number of amides is 2. The molecule has 29 heavy (non-hydrogen) atoms. The number of H-pyrrole nitrogens is 1. The molecule has 2 amide bonds. The third-order valence-electron chi connectivity index (χ3n) is 6.42. The summed E-state index contributed by atoms with van der Waals surface area (Å²) in [6, 6.07) is 6.75. The molecule has 1 aliphatic carbocycles. The number of benzene rings is 1. The molecule has 1 aromatic carbocycles. The molecule has 156 valence electrons. The molecule has 4 rings (SSSR count). The highest BCUT2D eigenvalue weighted by molar-refractivity contribution is 5.88. The number of ether oxygens (including phenoxy) is 1. The number of likely N-dealkylation sites (tertiary alicyclic amines) is 1. The van der Waals surface area contributed by atoms with E-state index < -0.39 is 0 Å². The molecular weight excluding hydrogens is 368 g/mol. The minimum atomic E-state index is -0.363. The van der Waals surface area contributed by atoms with Crippen molar-refractivity contribution in [3.63, 3.8) is 0 Å². The van der Waals surface area contributed by atoms with Gasteiger partial charge in [-0.15, -0.1) is 0 Å². The summed E-state index contributed by atoms with van der Waals surface area (Å²) in [7, 11) is 3.77. The van der Waals surface area contributed by atoms with Crippen molar-refractivity contribution in [1.82, 2.24) is 20.1 Å². The molecule has 0 unspecified atom stereocenters. The fraction of sp³-hybridized carbons (Fsp3) is 0.545. The van der Waals surface area contributed by atoms with Crippen LogP contribution in [0.5, 0.6) is 0 Å². The number of hydrogen-bond donors (Lipinski definition) is 2. The number of nitrogens with zero attached hydrogens (tertiary/aromatic N) is 2.